The van der Waals surface area contributed by atoms with Crippen molar-refractivity contribution in [1.29, 1.82) is 0 Å². The number of hydrogen-bond acceptors (Lipinski definition) is 4. The zero-order valence-corrected chi connectivity index (χ0v) is 18.3. The standard InChI is InChI=1S/C27H30O4/c1-16(2)25-14-18(4)27-21-10-11-23(28)20(21)12-17(3)13-22(27)24(25)29-26(30-25,31-27)15-19-8-6-5-7-9-19/h5-11,18,20-22,24H,1,3,12-15H2,2,4H3/t18-,20+,21-,22+,24-,25-,26-,27+/m1/s1. The van der Waals surface area contributed by atoms with Crippen LogP contribution in [0.5, 0.6) is 0 Å². The monoisotopic (exact) mass is 418 g/mol. The Bertz CT molecular complexity index is 1010. The Kier molecular flexibility index (Phi) is 3.98. The Morgan fingerprint density at radius 3 is 2.71 bits per heavy atom. The largest absolute Gasteiger partial charge is 0.320 e. The molecule has 0 amide bonds. The fourth-order valence-electron chi connectivity index (χ4n) is 7.33. The van der Waals surface area contributed by atoms with Crippen molar-refractivity contribution in [3.8, 4) is 0 Å². The first-order valence-corrected chi connectivity index (χ1v) is 11.5. The summed E-state index contributed by atoms with van der Waals surface area (Å²) >= 11 is 0. The molecule has 1 aromatic carbocycles. The summed E-state index contributed by atoms with van der Waals surface area (Å²) in [6.45, 7) is 13.0. The summed E-state index contributed by atoms with van der Waals surface area (Å²) in [6.07, 6.45) is 6.53. The van der Waals surface area contributed by atoms with Crippen LogP contribution in [0.2, 0.25) is 0 Å². The second-order valence-corrected chi connectivity index (χ2v) is 10.4. The Hall–Kier alpha value is -2.01. The van der Waals surface area contributed by atoms with Gasteiger partial charge in [0.1, 0.15) is 11.7 Å². The third-order valence-electron chi connectivity index (χ3n) is 8.55. The minimum Gasteiger partial charge on any atom is -0.320 e. The second kappa shape index (κ2) is 6.28. The summed E-state index contributed by atoms with van der Waals surface area (Å²) in [5.74, 6) is -0.764. The predicted octanol–water partition coefficient (Wildman–Crippen LogP) is 4.76. The molecule has 6 rings (SSSR count). The fourth-order valence-corrected chi connectivity index (χ4v) is 7.33. The molecule has 0 aromatic heterocycles. The normalized spacial score (nSPS) is 47.2. The first-order chi connectivity index (χ1) is 14.8. The highest BCUT2D eigenvalue weighted by Crippen LogP contribution is 2.68. The van der Waals surface area contributed by atoms with Gasteiger partial charge in [0.15, 0.2) is 5.78 Å². The number of carbonyl (C=O) groups excluding carboxylic acids is 1. The number of benzene rings is 1. The number of hydrogen-bond donors (Lipinski definition) is 0. The Morgan fingerprint density at radius 1 is 1.19 bits per heavy atom. The minimum absolute atomic E-state index is 0.0191. The molecule has 2 saturated heterocycles. The molecule has 4 heteroatoms. The van der Waals surface area contributed by atoms with Gasteiger partial charge >= 0.3 is 0 Å². The van der Waals surface area contributed by atoms with Gasteiger partial charge in [0.25, 0.3) is 5.97 Å². The Morgan fingerprint density at radius 2 is 1.97 bits per heavy atom. The molecule has 0 spiro atoms. The number of fused-ring (bicyclic) bond motifs is 2. The van der Waals surface area contributed by atoms with Gasteiger partial charge in [0, 0.05) is 17.8 Å². The molecule has 8 atom stereocenters. The van der Waals surface area contributed by atoms with E-state index in [1.807, 2.05) is 25.1 Å². The van der Waals surface area contributed by atoms with Crippen molar-refractivity contribution < 1.29 is 19.0 Å². The van der Waals surface area contributed by atoms with Gasteiger partial charge < -0.3 is 14.2 Å². The molecule has 4 nitrogen and oxygen atoms in total. The molecule has 2 aliphatic heterocycles. The molecule has 0 unspecified atom stereocenters. The van der Waals surface area contributed by atoms with Crippen molar-refractivity contribution in [2.24, 2.45) is 23.7 Å². The first kappa shape index (κ1) is 19.7. The lowest BCUT2D eigenvalue weighted by Crippen LogP contribution is -2.68. The highest BCUT2D eigenvalue weighted by atomic mass is 16.9. The lowest BCUT2D eigenvalue weighted by Gasteiger charge is -2.59. The van der Waals surface area contributed by atoms with Gasteiger partial charge in [-0.05, 0) is 49.3 Å². The van der Waals surface area contributed by atoms with Crippen LogP contribution in [-0.2, 0) is 25.4 Å². The van der Waals surface area contributed by atoms with Crippen LogP contribution in [0.25, 0.3) is 0 Å². The van der Waals surface area contributed by atoms with Gasteiger partial charge in [-0.15, -0.1) is 0 Å². The maximum atomic E-state index is 12.8. The van der Waals surface area contributed by atoms with Crippen LogP contribution in [0.15, 0.2) is 66.8 Å². The molecule has 5 aliphatic rings. The lowest BCUT2D eigenvalue weighted by molar-refractivity contribution is -0.422. The van der Waals surface area contributed by atoms with E-state index >= 15 is 0 Å². The zero-order valence-electron chi connectivity index (χ0n) is 18.3. The van der Waals surface area contributed by atoms with Crippen LogP contribution < -0.4 is 0 Å². The van der Waals surface area contributed by atoms with Crippen LogP contribution >= 0.6 is 0 Å². The van der Waals surface area contributed by atoms with Gasteiger partial charge in [-0.25, -0.2) is 0 Å². The van der Waals surface area contributed by atoms with E-state index in [9.17, 15) is 4.79 Å². The van der Waals surface area contributed by atoms with Crippen LogP contribution in [-0.4, -0.2) is 29.1 Å². The van der Waals surface area contributed by atoms with E-state index in [0.717, 1.165) is 36.0 Å². The predicted molar refractivity (Wildman–Crippen MR) is 117 cm³/mol. The summed E-state index contributed by atoms with van der Waals surface area (Å²) in [7, 11) is 0. The molecule has 4 fully saturated rings. The van der Waals surface area contributed by atoms with Crippen molar-refractivity contribution in [2.75, 3.05) is 0 Å². The summed E-state index contributed by atoms with van der Waals surface area (Å²) in [6, 6.07) is 10.2. The molecule has 31 heavy (non-hydrogen) atoms. The molecule has 0 radical (unpaired) electrons. The smallest absolute Gasteiger partial charge is 0.289 e. The third-order valence-corrected chi connectivity index (χ3v) is 8.55. The van der Waals surface area contributed by atoms with Gasteiger partial charge in [0.05, 0.1) is 12.0 Å². The van der Waals surface area contributed by atoms with Crippen LogP contribution in [0.1, 0.15) is 38.7 Å². The number of ketones is 1. The molecule has 1 aromatic rings. The van der Waals surface area contributed by atoms with E-state index in [2.05, 4.69) is 38.3 Å². The van der Waals surface area contributed by atoms with E-state index in [1.54, 1.807) is 6.08 Å². The van der Waals surface area contributed by atoms with Gasteiger partial charge in [0.2, 0.25) is 0 Å². The lowest BCUT2D eigenvalue weighted by atomic mass is 9.55. The maximum Gasteiger partial charge on any atom is 0.289 e. The van der Waals surface area contributed by atoms with Crippen molar-refractivity contribution in [3.05, 3.63) is 72.4 Å². The number of ether oxygens (including phenoxy) is 3. The maximum absolute atomic E-state index is 12.8. The topological polar surface area (TPSA) is 44.8 Å². The summed E-state index contributed by atoms with van der Waals surface area (Å²) < 4.78 is 20.7. The molecular weight excluding hydrogens is 388 g/mol. The van der Waals surface area contributed by atoms with Crippen molar-refractivity contribution in [2.45, 2.75) is 62.8 Å². The van der Waals surface area contributed by atoms with E-state index in [1.165, 1.54) is 0 Å². The van der Waals surface area contributed by atoms with Crippen molar-refractivity contribution in [1.82, 2.24) is 0 Å². The third kappa shape index (κ3) is 2.44. The Labute approximate surface area is 183 Å². The van der Waals surface area contributed by atoms with Gasteiger partial charge in [-0.3, -0.25) is 4.79 Å². The number of allylic oxidation sites excluding steroid dienone is 2. The zero-order chi connectivity index (χ0) is 21.6. The van der Waals surface area contributed by atoms with E-state index < -0.39 is 17.2 Å². The summed E-state index contributed by atoms with van der Waals surface area (Å²) in [5.41, 5.74) is 2.11. The summed E-state index contributed by atoms with van der Waals surface area (Å²) in [5, 5.41) is 0. The van der Waals surface area contributed by atoms with Crippen LogP contribution in [0.4, 0.5) is 0 Å². The van der Waals surface area contributed by atoms with Gasteiger partial charge in [-0.2, -0.15) is 0 Å². The number of rotatable bonds is 3. The highest BCUT2D eigenvalue weighted by molar-refractivity contribution is 5.95. The quantitative estimate of drug-likeness (QED) is 0.664. The minimum atomic E-state index is -1.16. The molecule has 3 aliphatic carbocycles. The van der Waals surface area contributed by atoms with E-state index in [-0.39, 0.29) is 35.6 Å². The Balaban J connectivity index is 1.53. The molecule has 0 N–H and O–H groups in total. The second-order valence-electron chi connectivity index (χ2n) is 10.4. The molecule has 162 valence electrons. The first-order valence-electron chi connectivity index (χ1n) is 11.5. The van der Waals surface area contributed by atoms with Crippen LogP contribution in [0, 0.1) is 23.7 Å². The summed E-state index contributed by atoms with van der Waals surface area (Å²) in [4.78, 5) is 12.8. The molecule has 2 saturated carbocycles. The van der Waals surface area contributed by atoms with Crippen molar-refractivity contribution >= 4 is 5.78 Å². The fraction of sp³-hybridized carbons (Fsp3) is 0.519. The van der Waals surface area contributed by atoms with Crippen LogP contribution in [0.3, 0.4) is 0 Å². The average Bonchev–Trinajstić information content (AvgIpc) is 3.13. The molecular formula is C27H30O4. The molecule has 2 heterocycles. The highest BCUT2D eigenvalue weighted by Gasteiger charge is 2.77. The van der Waals surface area contributed by atoms with Gasteiger partial charge in [-0.1, -0.05) is 62.1 Å². The average molecular weight is 419 g/mol. The SMILES string of the molecule is C=C1C[C@@H]2C(=O)C=C[C@H]2[C@]23O[C@]4(Cc5ccccc5)O[C@H]([C@@H]2C1)[C@](C(=C)C)(C[C@H]3C)O4. The molecule has 3 bridgehead atoms. The van der Waals surface area contributed by atoms with E-state index in [4.69, 9.17) is 14.2 Å². The van der Waals surface area contributed by atoms with Crippen molar-refractivity contribution in [3.63, 3.8) is 0 Å². The number of carbonyl (C=O) groups is 1. The van der Waals surface area contributed by atoms with E-state index in [0.29, 0.717) is 6.42 Å².